The number of halogens is 3. The van der Waals surface area contributed by atoms with Gasteiger partial charge in [-0.3, -0.25) is 0 Å². The number of nitrogens with zero attached hydrogens (tertiary/aromatic N) is 2. The van der Waals surface area contributed by atoms with Gasteiger partial charge in [0.2, 0.25) is 0 Å². The van der Waals surface area contributed by atoms with E-state index < -0.39 is 17.7 Å². The lowest BCUT2D eigenvalue weighted by atomic mass is 10.0. The Hall–Kier alpha value is -1.18. The zero-order chi connectivity index (χ0) is 9.35. The first-order valence-corrected chi connectivity index (χ1v) is 3.34. The standard InChI is InChI=1S/C7H7F3N2/c1-12-3-5(2-11)6(4-12)7(8,9)10/h4-5H,3H2,1H3. The molecule has 12 heavy (non-hydrogen) atoms. The zero-order valence-corrected chi connectivity index (χ0v) is 6.39. The van der Waals surface area contributed by atoms with Crippen molar-refractivity contribution < 1.29 is 13.2 Å². The fourth-order valence-electron chi connectivity index (χ4n) is 1.15. The van der Waals surface area contributed by atoms with Crippen LogP contribution in [0.25, 0.3) is 0 Å². The Balaban J connectivity index is 2.89. The summed E-state index contributed by atoms with van der Waals surface area (Å²) < 4.78 is 36.4. The third kappa shape index (κ3) is 1.52. The van der Waals surface area contributed by atoms with E-state index in [1.54, 1.807) is 6.07 Å². The summed E-state index contributed by atoms with van der Waals surface area (Å²) in [5, 5.41) is 8.40. The van der Waals surface area contributed by atoms with Gasteiger partial charge in [0.15, 0.2) is 0 Å². The predicted octanol–water partition coefficient (Wildman–Crippen LogP) is 1.52. The van der Waals surface area contributed by atoms with Crippen LogP contribution in [0.3, 0.4) is 0 Å². The molecule has 1 aliphatic rings. The van der Waals surface area contributed by atoms with E-state index in [1.807, 2.05) is 0 Å². The summed E-state index contributed by atoms with van der Waals surface area (Å²) in [6, 6.07) is 1.62. The highest BCUT2D eigenvalue weighted by Gasteiger charge is 2.42. The Kier molecular flexibility index (Phi) is 2.01. The van der Waals surface area contributed by atoms with Crippen LogP contribution in [0.15, 0.2) is 11.8 Å². The van der Waals surface area contributed by atoms with Gasteiger partial charge in [0, 0.05) is 19.8 Å². The molecule has 0 aromatic carbocycles. The van der Waals surface area contributed by atoms with E-state index in [1.165, 1.54) is 11.9 Å². The molecule has 0 spiro atoms. The van der Waals surface area contributed by atoms with Crippen LogP contribution in [0.2, 0.25) is 0 Å². The van der Waals surface area contributed by atoms with E-state index in [4.69, 9.17) is 5.26 Å². The normalized spacial score (nSPS) is 23.8. The lowest BCUT2D eigenvalue weighted by molar-refractivity contribution is -0.0955. The van der Waals surface area contributed by atoms with Crippen molar-refractivity contribution in [2.24, 2.45) is 5.92 Å². The molecular formula is C7H7F3N2. The number of alkyl halides is 3. The molecule has 0 bridgehead atoms. The minimum atomic E-state index is -4.37. The highest BCUT2D eigenvalue weighted by molar-refractivity contribution is 5.24. The van der Waals surface area contributed by atoms with Gasteiger partial charge in [-0.2, -0.15) is 18.4 Å². The Morgan fingerprint density at radius 1 is 1.67 bits per heavy atom. The average Bonchev–Trinajstić information content (AvgIpc) is 2.29. The number of rotatable bonds is 0. The van der Waals surface area contributed by atoms with Gasteiger partial charge in [0.1, 0.15) is 0 Å². The molecule has 1 rings (SSSR count). The molecule has 2 nitrogen and oxygen atoms in total. The lowest BCUT2D eigenvalue weighted by Gasteiger charge is -2.09. The van der Waals surface area contributed by atoms with Crippen molar-refractivity contribution in [2.75, 3.05) is 13.6 Å². The van der Waals surface area contributed by atoms with E-state index in [-0.39, 0.29) is 6.54 Å². The van der Waals surface area contributed by atoms with Crippen molar-refractivity contribution in [3.8, 4) is 6.07 Å². The number of nitriles is 1. The van der Waals surface area contributed by atoms with Crippen LogP contribution in [0.4, 0.5) is 13.2 Å². The molecule has 1 atom stereocenters. The second-order valence-corrected chi connectivity index (χ2v) is 2.70. The molecule has 0 amide bonds. The van der Waals surface area contributed by atoms with Crippen molar-refractivity contribution in [1.82, 2.24) is 4.90 Å². The Morgan fingerprint density at radius 2 is 2.25 bits per heavy atom. The van der Waals surface area contributed by atoms with Crippen molar-refractivity contribution in [1.29, 1.82) is 5.26 Å². The maximum absolute atomic E-state index is 12.1. The van der Waals surface area contributed by atoms with Gasteiger partial charge in [0.05, 0.1) is 17.6 Å². The summed E-state index contributed by atoms with van der Waals surface area (Å²) in [4.78, 5) is 1.37. The molecule has 1 unspecified atom stereocenters. The molecule has 0 saturated heterocycles. The van der Waals surface area contributed by atoms with Crippen molar-refractivity contribution in [3.63, 3.8) is 0 Å². The molecule has 1 heterocycles. The van der Waals surface area contributed by atoms with E-state index >= 15 is 0 Å². The maximum Gasteiger partial charge on any atom is 0.415 e. The molecule has 0 saturated carbocycles. The molecule has 5 heteroatoms. The van der Waals surface area contributed by atoms with Crippen molar-refractivity contribution in [2.45, 2.75) is 6.18 Å². The fraction of sp³-hybridized carbons (Fsp3) is 0.571. The Morgan fingerprint density at radius 3 is 2.58 bits per heavy atom. The topological polar surface area (TPSA) is 27.0 Å². The first kappa shape index (κ1) is 8.91. The lowest BCUT2D eigenvalue weighted by Crippen LogP contribution is -2.18. The number of hydrogen-bond acceptors (Lipinski definition) is 2. The predicted molar refractivity (Wildman–Crippen MR) is 35.9 cm³/mol. The summed E-state index contributed by atoms with van der Waals surface area (Å²) in [7, 11) is 1.52. The van der Waals surface area contributed by atoms with Crippen LogP contribution in [0, 0.1) is 17.2 Å². The van der Waals surface area contributed by atoms with E-state index in [0.717, 1.165) is 6.20 Å². The molecule has 0 aromatic heterocycles. The monoisotopic (exact) mass is 176 g/mol. The van der Waals surface area contributed by atoms with Gasteiger partial charge < -0.3 is 4.90 Å². The average molecular weight is 176 g/mol. The molecule has 1 aliphatic heterocycles. The maximum atomic E-state index is 12.1. The van der Waals surface area contributed by atoms with Crippen LogP contribution in [0.1, 0.15) is 0 Å². The van der Waals surface area contributed by atoms with Crippen LogP contribution in [0.5, 0.6) is 0 Å². The minimum Gasteiger partial charge on any atom is -0.378 e. The van der Waals surface area contributed by atoms with Crippen molar-refractivity contribution >= 4 is 0 Å². The number of hydrogen-bond donors (Lipinski definition) is 0. The van der Waals surface area contributed by atoms with Gasteiger partial charge in [-0.1, -0.05) is 0 Å². The highest BCUT2D eigenvalue weighted by atomic mass is 19.4. The molecule has 0 N–H and O–H groups in total. The molecule has 0 radical (unpaired) electrons. The van der Waals surface area contributed by atoms with Crippen LogP contribution < -0.4 is 0 Å². The Bertz CT molecular complexity index is 248. The Labute approximate surface area is 67.9 Å². The van der Waals surface area contributed by atoms with Gasteiger partial charge in [-0.15, -0.1) is 0 Å². The molecule has 66 valence electrons. The third-order valence-corrected chi connectivity index (χ3v) is 1.69. The van der Waals surface area contributed by atoms with Gasteiger partial charge in [0.25, 0.3) is 0 Å². The van der Waals surface area contributed by atoms with Gasteiger partial charge in [-0.25, -0.2) is 0 Å². The minimum absolute atomic E-state index is 0.130. The smallest absolute Gasteiger partial charge is 0.378 e. The zero-order valence-electron chi connectivity index (χ0n) is 6.39. The molecular weight excluding hydrogens is 169 g/mol. The fourth-order valence-corrected chi connectivity index (χ4v) is 1.15. The first-order chi connectivity index (χ1) is 5.45. The summed E-state index contributed by atoms with van der Waals surface area (Å²) >= 11 is 0. The largest absolute Gasteiger partial charge is 0.415 e. The summed E-state index contributed by atoms with van der Waals surface area (Å²) in [6.45, 7) is 0.130. The second-order valence-electron chi connectivity index (χ2n) is 2.70. The summed E-state index contributed by atoms with van der Waals surface area (Å²) in [5.41, 5.74) is -0.743. The van der Waals surface area contributed by atoms with Gasteiger partial charge in [-0.05, 0) is 0 Å². The van der Waals surface area contributed by atoms with Crippen molar-refractivity contribution in [3.05, 3.63) is 11.8 Å². The molecule has 0 aromatic rings. The van der Waals surface area contributed by atoms with E-state index in [2.05, 4.69) is 0 Å². The third-order valence-electron chi connectivity index (χ3n) is 1.69. The summed E-state index contributed by atoms with van der Waals surface area (Å²) in [6.07, 6.45) is -3.39. The van der Waals surface area contributed by atoms with Gasteiger partial charge >= 0.3 is 6.18 Å². The molecule has 0 fully saturated rings. The summed E-state index contributed by atoms with van der Waals surface area (Å²) in [5.74, 6) is -1.03. The second kappa shape index (κ2) is 2.70. The van der Waals surface area contributed by atoms with Crippen LogP contribution in [-0.4, -0.2) is 24.7 Å². The van der Waals surface area contributed by atoms with E-state index in [0.29, 0.717) is 0 Å². The molecule has 0 aliphatic carbocycles. The van der Waals surface area contributed by atoms with Crippen LogP contribution >= 0.6 is 0 Å². The van der Waals surface area contributed by atoms with Crippen LogP contribution in [-0.2, 0) is 0 Å². The first-order valence-electron chi connectivity index (χ1n) is 3.34. The SMILES string of the molecule is CN1C=C(C(F)(F)F)C(C#N)C1. The van der Waals surface area contributed by atoms with E-state index in [9.17, 15) is 13.2 Å². The quantitative estimate of drug-likeness (QED) is 0.559. The highest BCUT2D eigenvalue weighted by Crippen LogP contribution is 2.35.